The van der Waals surface area contributed by atoms with Gasteiger partial charge in [-0.05, 0) is 56.1 Å². The number of rotatable bonds is 7. The van der Waals surface area contributed by atoms with Crippen molar-refractivity contribution in [3.8, 4) is 23.0 Å². The highest BCUT2D eigenvalue weighted by Gasteiger charge is 2.19. The Hall–Kier alpha value is -3.70. The van der Waals surface area contributed by atoms with E-state index in [9.17, 15) is 9.59 Å². The molecule has 0 saturated heterocycles. The van der Waals surface area contributed by atoms with Crippen LogP contribution < -0.4 is 16.6 Å². The van der Waals surface area contributed by atoms with Gasteiger partial charge in [-0.1, -0.05) is 31.9 Å². The number of H-pyrrole nitrogens is 1. The van der Waals surface area contributed by atoms with E-state index < -0.39 is 0 Å². The second kappa shape index (κ2) is 12.2. The number of aromatic amines is 1. The number of carbonyl (C=O) groups excluding carboxylic acids is 1. The first-order valence-corrected chi connectivity index (χ1v) is 10.7. The number of aryl methyl sites for hydroxylation is 1. The molecular formula is C24H30N6O2. The third-order valence-corrected chi connectivity index (χ3v) is 4.82. The van der Waals surface area contributed by atoms with Crippen molar-refractivity contribution in [1.29, 1.82) is 5.26 Å². The first-order valence-electron chi connectivity index (χ1n) is 10.7. The van der Waals surface area contributed by atoms with Crippen molar-refractivity contribution in [2.75, 3.05) is 13.1 Å². The van der Waals surface area contributed by atoms with Crippen LogP contribution in [-0.4, -0.2) is 33.8 Å². The highest BCUT2D eigenvalue weighted by atomic mass is 16.2. The zero-order valence-corrected chi connectivity index (χ0v) is 18.8. The van der Waals surface area contributed by atoms with Crippen LogP contribution >= 0.6 is 0 Å². The maximum atomic E-state index is 12.9. The second-order valence-corrected chi connectivity index (χ2v) is 7.20. The van der Waals surface area contributed by atoms with Crippen molar-refractivity contribution in [3.05, 3.63) is 69.8 Å². The standard InChI is InChI=1S/C19H17N5O2.C5H13N/c1-3-21-18(25)16-12(2)8-9-22-17(16)24-19(26)15(11-23-24)14-6-4-13(10-20)5-7-14;1-2-3-4-5-6/h4-9,11,23H,3H2,1-2H3,(H,21,25);2-6H2,1H3. The lowest BCUT2D eigenvalue weighted by atomic mass is 10.1. The molecule has 0 spiro atoms. The SMILES string of the molecule is CCCCCN.CCNC(=O)c1c(C)ccnc1-n1[nH]cc(-c2ccc(C#N)cc2)c1=O. The van der Waals surface area contributed by atoms with Gasteiger partial charge in [-0.2, -0.15) is 5.26 Å². The summed E-state index contributed by atoms with van der Waals surface area (Å²) in [7, 11) is 0. The molecule has 2 aromatic heterocycles. The zero-order chi connectivity index (χ0) is 23.5. The number of nitrogens with one attached hydrogen (secondary N) is 2. The molecule has 2 heterocycles. The van der Waals surface area contributed by atoms with E-state index in [-0.39, 0.29) is 17.3 Å². The predicted molar refractivity (Wildman–Crippen MR) is 126 cm³/mol. The average Bonchev–Trinajstić information content (AvgIpc) is 3.19. The Morgan fingerprint density at radius 2 is 1.94 bits per heavy atom. The van der Waals surface area contributed by atoms with Crippen molar-refractivity contribution >= 4 is 5.91 Å². The molecule has 32 heavy (non-hydrogen) atoms. The van der Waals surface area contributed by atoms with Gasteiger partial charge in [0.25, 0.3) is 11.5 Å². The number of nitrogens with zero attached hydrogens (tertiary/aromatic N) is 3. The lowest BCUT2D eigenvalue weighted by Gasteiger charge is -2.11. The normalized spacial score (nSPS) is 10.1. The Labute approximate surface area is 188 Å². The number of pyridine rings is 1. The summed E-state index contributed by atoms with van der Waals surface area (Å²) in [6.07, 6.45) is 6.88. The number of carbonyl (C=O) groups is 1. The summed E-state index contributed by atoms with van der Waals surface area (Å²) in [5, 5.41) is 14.5. The van der Waals surface area contributed by atoms with Gasteiger partial charge in [0.15, 0.2) is 5.82 Å². The van der Waals surface area contributed by atoms with Crippen molar-refractivity contribution in [2.45, 2.75) is 40.0 Å². The Morgan fingerprint density at radius 1 is 1.22 bits per heavy atom. The quantitative estimate of drug-likeness (QED) is 0.491. The largest absolute Gasteiger partial charge is 0.352 e. The van der Waals surface area contributed by atoms with E-state index in [1.54, 1.807) is 49.6 Å². The first kappa shape index (κ1) is 24.6. The molecule has 1 aromatic carbocycles. The van der Waals surface area contributed by atoms with Gasteiger partial charge in [0.1, 0.15) is 0 Å². The Balaban J connectivity index is 0.000000534. The summed E-state index contributed by atoms with van der Waals surface area (Å²) in [5.41, 5.74) is 7.59. The van der Waals surface area contributed by atoms with Crippen LogP contribution in [0.3, 0.4) is 0 Å². The summed E-state index contributed by atoms with van der Waals surface area (Å²) in [6.45, 7) is 7.13. The van der Waals surface area contributed by atoms with Gasteiger partial charge in [-0.25, -0.2) is 9.67 Å². The van der Waals surface area contributed by atoms with Gasteiger partial charge in [0.05, 0.1) is 22.8 Å². The molecule has 0 fully saturated rings. The molecule has 3 aromatic rings. The average molecular weight is 435 g/mol. The summed E-state index contributed by atoms with van der Waals surface area (Å²) < 4.78 is 1.26. The third kappa shape index (κ3) is 5.93. The summed E-state index contributed by atoms with van der Waals surface area (Å²) >= 11 is 0. The number of nitrogens with two attached hydrogens (primary N) is 1. The molecule has 0 aliphatic rings. The number of nitriles is 1. The minimum Gasteiger partial charge on any atom is -0.352 e. The number of aromatic nitrogens is 3. The van der Waals surface area contributed by atoms with Crippen molar-refractivity contribution in [2.24, 2.45) is 5.73 Å². The molecule has 0 radical (unpaired) electrons. The smallest absolute Gasteiger partial charge is 0.280 e. The number of benzene rings is 1. The van der Waals surface area contributed by atoms with E-state index in [0.29, 0.717) is 28.8 Å². The van der Waals surface area contributed by atoms with E-state index in [0.717, 1.165) is 12.1 Å². The Bertz CT molecular complexity index is 1120. The Kier molecular flexibility index (Phi) is 9.39. The highest BCUT2D eigenvalue weighted by Crippen LogP contribution is 2.18. The molecule has 1 amide bonds. The molecular weight excluding hydrogens is 404 g/mol. The third-order valence-electron chi connectivity index (χ3n) is 4.82. The van der Waals surface area contributed by atoms with E-state index in [4.69, 9.17) is 11.0 Å². The number of unbranched alkanes of at least 4 members (excludes halogenated alkanes) is 2. The maximum Gasteiger partial charge on any atom is 0.280 e. The summed E-state index contributed by atoms with van der Waals surface area (Å²) in [4.78, 5) is 29.5. The Morgan fingerprint density at radius 3 is 2.50 bits per heavy atom. The maximum absolute atomic E-state index is 12.9. The van der Waals surface area contributed by atoms with Gasteiger partial charge in [-0.3, -0.25) is 14.7 Å². The fraction of sp³-hybridized carbons (Fsp3) is 0.333. The van der Waals surface area contributed by atoms with Gasteiger partial charge >= 0.3 is 0 Å². The topological polar surface area (TPSA) is 130 Å². The lowest BCUT2D eigenvalue weighted by molar-refractivity contribution is 0.0954. The van der Waals surface area contributed by atoms with Crippen LogP contribution in [0.5, 0.6) is 0 Å². The second-order valence-electron chi connectivity index (χ2n) is 7.20. The van der Waals surface area contributed by atoms with Gasteiger partial charge in [0.2, 0.25) is 0 Å². The zero-order valence-electron chi connectivity index (χ0n) is 18.8. The fourth-order valence-corrected chi connectivity index (χ4v) is 3.10. The molecule has 0 unspecified atom stereocenters. The molecule has 0 atom stereocenters. The van der Waals surface area contributed by atoms with Crippen LogP contribution in [0.15, 0.2) is 47.5 Å². The van der Waals surface area contributed by atoms with Crippen LogP contribution in [0.4, 0.5) is 0 Å². The molecule has 3 rings (SSSR count). The first-order chi connectivity index (χ1) is 15.5. The molecule has 0 bridgehead atoms. The minimum atomic E-state index is -0.321. The minimum absolute atomic E-state index is 0.251. The molecule has 168 valence electrons. The van der Waals surface area contributed by atoms with E-state index in [1.807, 2.05) is 13.0 Å². The van der Waals surface area contributed by atoms with E-state index in [2.05, 4.69) is 22.3 Å². The van der Waals surface area contributed by atoms with Crippen LogP contribution in [0.2, 0.25) is 0 Å². The van der Waals surface area contributed by atoms with Gasteiger partial charge in [-0.15, -0.1) is 0 Å². The number of hydrogen-bond donors (Lipinski definition) is 3. The molecule has 4 N–H and O–H groups in total. The number of hydrogen-bond acceptors (Lipinski definition) is 5. The summed E-state index contributed by atoms with van der Waals surface area (Å²) in [6, 6.07) is 10.5. The highest BCUT2D eigenvalue weighted by molar-refractivity contribution is 5.98. The van der Waals surface area contributed by atoms with Crippen LogP contribution in [0.25, 0.3) is 16.9 Å². The number of amides is 1. The van der Waals surface area contributed by atoms with Gasteiger partial charge < -0.3 is 11.1 Å². The van der Waals surface area contributed by atoms with Crippen molar-refractivity contribution in [1.82, 2.24) is 20.1 Å². The summed E-state index contributed by atoms with van der Waals surface area (Å²) in [5.74, 6) is -0.0321. The molecule has 8 nitrogen and oxygen atoms in total. The molecule has 0 aliphatic heterocycles. The van der Waals surface area contributed by atoms with Gasteiger partial charge in [0, 0.05) is 18.9 Å². The van der Waals surface area contributed by atoms with Crippen LogP contribution in [0, 0.1) is 18.3 Å². The lowest BCUT2D eigenvalue weighted by Crippen LogP contribution is -2.28. The fourth-order valence-electron chi connectivity index (χ4n) is 3.10. The van der Waals surface area contributed by atoms with Crippen LogP contribution in [-0.2, 0) is 0 Å². The van der Waals surface area contributed by atoms with E-state index >= 15 is 0 Å². The molecule has 0 saturated carbocycles. The van der Waals surface area contributed by atoms with Crippen molar-refractivity contribution < 1.29 is 4.79 Å². The molecule has 8 heteroatoms. The van der Waals surface area contributed by atoms with Crippen LogP contribution in [0.1, 0.15) is 54.6 Å². The predicted octanol–water partition coefficient (Wildman–Crippen LogP) is 3.29. The molecule has 0 aliphatic carbocycles. The monoisotopic (exact) mass is 434 g/mol. The van der Waals surface area contributed by atoms with E-state index in [1.165, 1.54) is 23.9 Å². The van der Waals surface area contributed by atoms with Crippen molar-refractivity contribution in [3.63, 3.8) is 0 Å².